The molecule has 0 radical (unpaired) electrons. The maximum atomic E-state index is 11.0. The van der Waals surface area contributed by atoms with E-state index in [1.807, 2.05) is 30.3 Å². The second-order valence-electron chi connectivity index (χ2n) is 3.81. The minimum absolute atomic E-state index is 0.215. The maximum absolute atomic E-state index is 11.0. The first kappa shape index (κ1) is 12.9. The van der Waals surface area contributed by atoms with Crippen molar-refractivity contribution in [1.82, 2.24) is 0 Å². The summed E-state index contributed by atoms with van der Waals surface area (Å²) in [5, 5.41) is 6.14. The Morgan fingerprint density at radius 3 is 2.37 bits per heavy atom. The van der Waals surface area contributed by atoms with Gasteiger partial charge in [-0.25, -0.2) is 0 Å². The third-order valence-corrected chi connectivity index (χ3v) is 2.65. The maximum Gasteiger partial charge on any atom is 0.173 e. The van der Waals surface area contributed by atoms with Crippen LogP contribution < -0.4 is 14.8 Å². The van der Waals surface area contributed by atoms with E-state index in [9.17, 15) is 4.91 Å². The number of hydrogen-bond donors (Lipinski definition) is 1. The monoisotopic (exact) mass is 258 g/mol. The van der Waals surface area contributed by atoms with Crippen LogP contribution in [0.5, 0.6) is 11.5 Å². The summed E-state index contributed by atoms with van der Waals surface area (Å²) in [6.07, 6.45) is 0. The molecule has 2 aromatic carbocycles. The molecule has 98 valence electrons. The number of nitroso groups, excluding NO2 is 1. The van der Waals surface area contributed by atoms with Gasteiger partial charge < -0.3 is 14.8 Å². The number of anilines is 2. The summed E-state index contributed by atoms with van der Waals surface area (Å²) in [6, 6.07) is 12.8. The van der Waals surface area contributed by atoms with Crippen molar-refractivity contribution in [3.05, 3.63) is 47.4 Å². The van der Waals surface area contributed by atoms with E-state index in [-0.39, 0.29) is 5.69 Å². The number of ether oxygens (including phenoxy) is 2. The average molecular weight is 258 g/mol. The van der Waals surface area contributed by atoms with Crippen molar-refractivity contribution in [1.29, 1.82) is 0 Å². The van der Waals surface area contributed by atoms with Gasteiger partial charge in [0, 0.05) is 17.8 Å². The molecule has 0 aliphatic rings. The molecule has 0 aliphatic carbocycles. The van der Waals surface area contributed by atoms with Crippen molar-refractivity contribution in [2.75, 3.05) is 19.5 Å². The first-order valence-electron chi connectivity index (χ1n) is 5.70. The Balaban J connectivity index is 2.45. The molecular weight excluding hydrogens is 244 g/mol. The molecule has 0 aliphatic heterocycles. The lowest BCUT2D eigenvalue weighted by Crippen LogP contribution is -1.94. The molecule has 2 aromatic rings. The first-order valence-corrected chi connectivity index (χ1v) is 5.70. The predicted octanol–water partition coefficient (Wildman–Crippen LogP) is 3.85. The molecule has 0 saturated heterocycles. The van der Waals surface area contributed by atoms with Gasteiger partial charge in [0.25, 0.3) is 0 Å². The average Bonchev–Trinajstić information content (AvgIpc) is 2.47. The van der Waals surface area contributed by atoms with E-state index in [1.54, 1.807) is 19.2 Å². The molecule has 2 rings (SSSR count). The molecule has 0 atom stereocenters. The Morgan fingerprint density at radius 2 is 1.79 bits per heavy atom. The summed E-state index contributed by atoms with van der Waals surface area (Å²) in [6.45, 7) is 0. The Kier molecular flexibility index (Phi) is 3.97. The highest BCUT2D eigenvalue weighted by atomic mass is 16.5. The molecule has 5 nitrogen and oxygen atoms in total. The molecule has 0 saturated carbocycles. The van der Waals surface area contributed by atoms with Gasteiger partial charge in [0.2, 0.25) is 0 Å². The number of nitrogens with zero attached hydrogens (tertiary/aromatic N) is 1. The summed E-state index contributed by atoms with van der Waals surface area (Å²) in [4.78, 5) is 11.0. The fourth-order valence-electron chi connectivity index (χ4n) is 1.72. The fraction of sp³-hybridized carbons (Fsp3) is 0.143. The van der Waals surface area contributed by atoms with Crippen molar-refractivity contribution in [3.8, 4) is 11.5 Å². The molecule has 1 N–H and O–H groups in total. The minimum Gasteiger partial charge on any atom is -0.497 e. The smallest absolute Gasteiger partial charge is 0.173 e. The molecular formula is C14H14N2O3. The summed E-state index contributed by atoms with van der Waals surface area (Å²) in [7, 11) is 3.03. The van der Waals surface area contributed by atoms with Crippen molar-refractivity contribution < 1.29 is 9.47 Å². The van der Waals surface area contributed by atoms with Crippen LogP contribution in [0, 0.1) is 4.91 Å². The highest BCUT2D eigenvalue weighted by Crippen LogP contribution is 2.40. The van der Waals surface area contributed by atoms with Gasteiger partial charge in [0.1, 0.15) is 5.75 Å². The first-order chi connectivity index (χ1) is 9.28. The van der Waals surface area contributed by atoms with Crippen molar-refractivity contribution in [3.63, 3.8) is 0 Å². The van der Waals surface area contributed by atoms with Gasteiger partial charge in [-0.3, -0.25) is 0 Å². The van der Waals surface area contributed by atoms with E-state index in [4.69, 9.17) is 9.47 Å². The largest absolute Gasteiger partial charge is 0.497 e. The highest BCUT2D eigenvalue weighted by molar-refractivity contribution is 5.78. The van der Waals surface area contributed by atoms with E-state index < -0.39 is 0 Å². The van der Waals surface area contributed by atoms with Gasteiger partial charge in [-0.05, 0) is 17.3 Å². The summed E-state index contributed by atoms with van der Waals surface area (Å²) < 4.78 is 10.3. The van der Waals surface area contributed by atoms with Gasteiger partial charge in [0.15, 0.2) is 11.4 Å². The normalized spacial score (nSPS) is 9.79. The molecule has 0 amide bonds. The summed E-state index contributed by atoms with van der Waals surface area (Å²) in [5.74, 6) is 0.954. The van der Waals surface area contributed by atoms with Crippen LogP contribution >= 0.6 is 0 Å². The van der Waals surface area contributed by atoms with E-state index in [0.29, 0.717) is 17.2 Å². The van der Waals surface area contributed by atoms with Crippen LogP contribution in [0.3, 0.4) is 0 Å². The van der Waals surface area contributed by atoms with Crippen LogP contribution in [0.15, 0.2) is 47.6 Å². The molecule has 0 unspecified atom stereocenters. The van der Waals surface area contributed by atoms with Crippen LogP contribution in [-0.2, 0) is 0 Å². The Labute approximate surface area is 111 Å². The molecule has 0 heterocycles. The van der Waals surface area contributed by atoms with Gasteiger partial charge in [-0.15, -0.1) is 4.91 Å². The number of methoxy groups -OCH3 is 2. The Morgan fingerprint density at radius 1 is 1.05 bits per heavy atom. The van der Waals surface area contributed by atoms with Gasteiger partial charge in [0.05, 0.1) is 19.9 Å². The minimum atomic E-state index is 0.215. The number of hydrogen-bond acceptors (Lipinski definition) is 5. The molecule has 0 aromatic heterocycles. The molecule has 0 spiro atoms. The Hall–Kier alpha value is -2.56. The third-order valence-electron chi connectivity index (χ3n) is 2.65. The van der Waals surface area contributed by atoms with Crippen molar-refractivity contribution >= 4 is 17.1 Å². The zero-order chi connectivity index (χ0) is 13.7. The van der Waals surface area contributed by atoms with Crippen LogP contribution in [0.25, 0.3) is 0 Å². The van der Waals surface area contributed by atoms with Gasteiger partial charge >= 0.3 is 0 Å². The van der Waals surface area contributed by atoms with Crippen molar-refractivity contribution in [2.45, 2.75) is 0 Å². The van der Waals surface area contributed by atoms with Crippen LogP contribution in [0.4, 0.5) is 17.1 Å². The zero-order valence-electron chi connectivity index (χ0n) is 10.7. The fourth-order valence-corrected chi connectivity index (χ4v) is 1.72. The predicted molar refractivity (Wildman–Crippen MR) is 74.7 cm³/mol. The topological polar surface area (TPSA) is 59.9 Å². The number of rotatable bonds is 5. The number of benzene rings is 2. The lowest BCUT2D eigenvalue weighted by atomic mass is 10.2. The van der Waals surface area contributed by atoms with Crippen molar-refractivity contribution in [2.24, 2.45) is 5.18 Å². The summed E-state index contributed by atoms with van der Waals surface area (Å²) in [5.41, 5.74) is 1.60. The van der Waals surface area contributed by atoms with Gasteiger partial charge in [-0.1, -0.05) is 18.2 Å². The van der Waals surface area contributed by atoms with E-state index in [0.717, 1.165) is 5.69 Å². The third kappa shape index (κ3) is 2.82. The van der Waals surface area contributed by atoms with E-state index in [1.165, 1.54) is 7.11 Å². The standard InChI is InChI=1S/C14H14N2O3/c1-18-11-8-12(14(16-17)13(9-11)19-2)15-10-6-4-3-5-7-10/h3-9,15H,1-2H3. The van der Waals surface area contributed by atoms with Crippen LogP contribution in [0.2, 0.25) is 0 Å². The van der Waals surface area contributed by atoms with E-state index >= 15 is 0 Å². The lowest BCUT2D eigenvalue weighted by Gasteiger charge is -2.12. The lowest BCUT2D eigenvalue weighted by molar-refractivity contribution is 0.395. The SMILES string of the molecule is COc1cc(Nc2ccccc2)c(N=O)c(OC)c1. The molecule has 0 bridgehead atoms. The van der Waals surface area contributed by atoms with E-state index in [2.05, 4.69) is 10.5 Å². The molecule has 19 heavy (non-hydrogen) atoms. The molecule has 0 fully saturated rings. The van der Waals surface area contributed by atoms with Crippen LogP contribution in [0.1, 0.15) is 0 Å². The number of nitrogens with one attached hydrogen (secondary N) is 1. The second-order valence-corrected chi connectivity index (χ2v) is 3.81. The summed E-state index contributed by atoms with van der Waals surface area (Å²) >= 11 is 0. The second kappa shape index (κ2) is 5.86. The highest BCUT2D eigenvalue weighted by Gasteiger charge is 2.13. The zero-order valence-corrected chi connectivity index (χ0v) is 10.7. The Bertz CT molecular complexity index is 570. The molecule has 5 heteroatoms. The van der Waals surface area contributed by atoms with Gasteiger partial charge in [-0.2, -0.15) is 0 Å². The van der Waals surface area contributed by atoms with Crippen LogP contribution in [-0.4, -0.2) is 14.2 Å². The quantitative estimate of drug-likeness (QED) is 0.827. The number of para-hydroxylation sites is 1.